The van der Waals surface area contributed by atoms with E-state index in [1.807, 2.05) is 0 Å². The van der Waals surface area contributed by atoms with E-state index in [1.165, 1.54) is 12.1 Å². The summed E-state index contributed by atoms with van der Waals surface area (Å²) in [5.74, 6) is -0.00221. The number of aromatic nitrogens is 1. The molecule has 2 aromatic rings. The van der Waals surface area contributed by atoms with Crippen LogP contribution in [0.1, 0.15) is 5.56 Å². The van der Waals surface area contributed by atoms with Gasteiger partial charge in [0.15, 0.2) is 0 Å². The summed E-state index contributed by atoms with van der Waals surface area (Å²) in [4.78, 5) is 2.96. The standard InChI is InChI=1S/C16H20N2O10S2/c19-6-11-13(21)14(22)15(23)16(27-11)29-12(18-28-30(24,25)26)3-7-5-17-10-2-1-8(20)4-9(7)10/h1-2,4-5,11,13-17,19-23H,3,6H2,(H,24,25,26). The van der Waals surface area contributed by atoms with Gasteiger partial charge in [0.2, 0.25) is 0 Å². The Hall–Kier alpha value is -1.91. The van der Waals surface area contributed by atoms with Crippen LogP contribution in [0, 0.1) is 0 Å². The maximum atomic E-state index is 10.9. The lowest BCUT2D eigenvalue weighted by Gasteiger charge is -2.39. The number of H-pyrrole nitrogens is 1. The number of aromatic amines is 1. The Morgan fingerprint density at radius 2 is 1.97 bits per heavy atom. The van der Waals surface area contributed by atoms with Gasteiger partial charge in [-0.05, 0) is 23.8 Å². The second-order valence-corrected chi connectivity index (χ2v) is 8.70. The topological polar surface area (TPSA) is 202 Å². The highest BCUT2D eigenvalue weighted by molar-refractivity contribution is 8.14. The molecule has 166 valence electrons. The number of phenols is 1. The van der Waals surface area contributed by atoms with Crippen molar-refractivity contribution in [3.05, 3.63) is 30.0 Å². The molecule has 12 nitrogen and oxygen atoms in total. The van der Waals surface area contributed by atoms with E-state index in [0.29, 0.717) is 28.2 Å². The van der Waals surface area contributed by atoms with Crippen molar-refractivity contribution in [1.82, 2.24) is 4.98 Å². The van der Waals surface area contributed by atoms with Crippen LogP contribution in [0.25, 0.3) is 10.9 Å². The van der Waals surface area contributed by atoms with E-state index in [2.05, 4.69) is 14.4 Å². The summed E-state index contributed by atoms with van der Waals surface area (Å²) < 4.78 is 40.2. The summed E-state index contributed by atoms with van der Waals surface area (Å²) in [5, 5.41) is 52.9. The van der Waals surface area contributed by atoms with Crippen molar-refractivity contribution in [2.24, 2.45) is 5.16 Å². The summed E-state index contributed by atoms with van der Waals surface area (Å²) in [5.41, 5.74) is -0.00530. The molecule has 5 unspecified atom stereocenters. The monoisotopic (exact) mass is 464 g/mol. The maximum absolute atomic E-state index is 10.9. The Balaban J connectivity index is 1.88. The van der Waals surface area contributed by atoms with Crippen LogP contribution in [0.15, 0.2) is 29.6 Å². The van der Waals surface area contributed by atoms with Crippen molar-refractivity contribution < 1.29 is 47.5 Å². The molecule has 1 aromatic heterocycles. The molecule has 2 heterocycles. The Morgan fingerprint density at radius 3 is 2.63 bits per heavy atom. The van der Waals surface area contributed by atoms with Crippen molar-refractivity contribution in [2.45, 2.75) is 36.3 Å². The summed E-state index contributed by atoms with van der Waals surface area (Å²) in [6, 6.07) is 4.58. The molecule has 1 aliphatic rings. The van der Waals surface area contributed by atoms with E-state index in [0.717, 1.165) is 0 Å². The van der Waals surface area contributed by atoms with E-state index in [1.54, 1.807) is 12.3 Å². The van der Waals surface area contributed by atoms with Crippen molar-refractivity contribution in [1.29, 1.82) is 0 Å². The van der Waals surface area contributed by atoms with Crippen LogP contribution in [0.4, 0.5) is 0 Å². The number of phenolic OH excluding ortho intramolecular Hbond substituents is 1. The van der Waals surface area contributed by atoms with Crippen molar-refractivity contribution >= 4 is 38.1 Å². The van der Waals surface area contributed by atoms with Gasteiger partial charge in [-0.15, -0.1) is 0 Å². The minimum atomic E-state index is -4.92. The Morgan fingerprint density at radius 1 is 1.23 bits per heavy atom. The molecule has 7 N–H and O–H groups in total. The third-order valence-corrected chi connectivity index (χ3v) is 5.80. The summed E-state index contributed by atoms with van der Waals surface area (Å²) in [6.45, 7) is -0.641. The zero-order chi connectivity index (χ0) is 22.1. The van der Waals surface area contributed by atoms with E-state index in [4.69, 9.17) is 9.29 Å². The third-order valence-electron chi connectivity index (χ3n) is 4.43. The number of aromatic hydroxyl groups is 1. The highest BCUT2D eigenvalue weighted by Gasteiger charge is 2.44. The lowest BCUT2D eigenvalue weighted by Crippen LogP contribution is -2.57. The second kappa shape index (κ2) is 9.07. The minimum Gasteiger partial charge on any atom is -0.508 e. The number of oxime groups is 1. The molecule has 1 saturated heterocycles. The Bertz CT molecular complexity index is 1020. The van der Waals surface area contributed by atoms with Gasteiger partial charge >= 0.3 is 10.4 Å². The first-order valence-electron chi connectivity index (χ1n) is 8.58. The molecule has 0 aliphatic carbocycles. The lowest BCUT2D eigenvalue weighted by molar-refractivity contribution is -0.205. The number of nitrogens with one attached hydrogen (secondary N) is 1. The molecule has 14 heteroatoms. The molecular formula is C16H20N2O10S2. The van der Waals surface area contributed by atoms with Gasteiger partial charge in [-0.3, -0.25) is 4.55 Å². The molecule has 0 spiro atoms. The summed E-state index contributed by atoms with van der Waals surface area (Å²) in [7, 11) is -4.92. The van der Waals surface area contributed by atoms with Crippen LogP contribution < -0.4 is 0 Å². The minimum absolute atomic E-state index is 0.00221. The molecule has 0 radical (unpaired) electrons. The summed E-state index contributed by atoms with van der Waals surface area (Å²) in [6.07, 6.45) is -4.46. The number of fused-ring (bicyclic) bond motifs is 1. The fraction of sp³-hybridized carbons (Fsp3) is 0.438. The number of rotatable bonds is 6. The number of aliphatic hydroxyl groups is 4. The van der Waals surface area contributed by atoms with E-state index in [9.17, 15) is 34.0 Å². The molecule has 1 aliphatic heterocycles. The maximum Gasteiger partial charge on any atom is 0.466 e. The molecule has 0 saturated carbocycles. The van der Waals surface area contributed by atoms with Crippen LogP contribution in [0.5, 0.6) is 5.75 Å². The van der Waals surface area contributed by atoms with Crippen molar-refractivity contribution in [3.8, 4) is 5.75 Å². The average Bonchev–Trinajstić information content (AvgIpc) is 3.07. The smallest absolute Gasteiger partial charge is 0.466 e. The van der Waals surface area contributed by atoms with Gasteiger partial charge in [0.1, 0.15) is 40.6 Å². The van der Waals surface area contributed by atoms with E-state index in [-0.39, 0.29) is 17.2 Å². The van der Waals surface area contributed by atoms with Crippen molar-refractivity contribution in [3.63, 3.8) is 0 Å². The fourth-order valence-corrected chi connectivity index (χ4v) is 4.28. The number of thioether (sulfide) groups is 1. The van der Waals surface area contributed by atoms with Gasteiger partial charge in [0, 0.05) is 23.5 Å². The Labute approximate surface area is 174 Å². The molecule has 3 rings (SSSR count). The fourth-order valence-electron chi connectivity index (χ4n) is 2.96. The predicted molar refractivity (Wildman–Crippen MR) is 105 cm³/mol. The average molecular weight is 464 g/mol. The normalized spacial score (nSPS) is 28.0. The van der Waals surface area contributed by atoms with Crippen LogP contribution in [-0.2, 0) is 25.8 Å². The lowest BCUT2D eigenvalue weighted by atomic mass is 10.0. The molecule has 1 aromatic carbocycles. The van der Waals surface area contributed by atoms with Gasteiger partial charge in [-0.2, -0.15) is 8.42 Å². The first kappa shape index (κ1) is 22.8. The summed E-state index contributed by atoms with van der Waals surface area (Å²) >= 11 is 0.669. The molecule has 30 heavy (non-hydrogen) atoms. The molecule has 5 atom stereocenters. The van der Waals surface area contributed by atoms with Crippen LogP contribution in [0.2, 0.25) is 0 Å². The van der Waals surface area contributed by atoms with Gasteiger partial charge in [-0.25, -0.2) is 4.28 Å². The quantitative estimate of drug-likeness (QED) is 0.121. The third kappa shape index (κ3) is 5.22. The first-order valence-corrected chi connectivity index (χ1v) is 10.8. The van der Waals surface area contributed by atoms with Crippen LogP contribution in [-0.4, -0.2) is 85.0 Å². The van der Waals surface area contributed by atoms with Gasteiger partial charge < -0.3 is 35.3 Å². The molecule has 0 bridgehead atoms. The SMILES string of the molecule is O=S(=O)(O)ON=C(Cc1c[nH]c2ccc(O)cc12)SC1OC(CO)C(O)C(O)C1O. The molecular weight excluding hydrogens is 444 g/mol. The van der Waals surface area contributed by atoms with Crippen LogP contribution >= 0.6 is 11.8 Å². The molecule has 1 fully saturated rings. The first-order chi connectivity index (χ1) is 14.1. The Kier molecular flexibility index (Phi) is 6.88. The molecule has 0 amide bonds. The zero-order valence-corrected chi connectivity index (χ0v) is 16.8. The number of aliphatic hydroxyl groups excluding tert-OH is 4. The van der Waals surface area contributed by atoms with Gasteiger partial charge in [-0.1, -0.05) is 16.9 Å². The highest BCUT2D eigenvalue weighted by atomic mass is 32.3. The highest BCUT2D eigenvalue weighted by Crippen LogP contribution is 2.32. The van der Waals surface area contributed by atoms with E-state index >= 15 is 0 Å². The number of benzene rings is 1. The largest absolute Gasteiger partial charge is 0.508 e. The predicted octanol–water partition coefficient (Wildman–Crippen LogP) is -0.918. The zero-order valence-electron chi connectivity index (χ0n) is 15.2. The van der Waals surface area contributed by atoms with E-state index < -0.39 is 46.9 Å². The number of hydrogen-bond donors (Lipinski definition) is 7. The van der Waals surface area contributed by atoms with Crippen LogP contribution in [0.3, 0.4) is 0 Å². The number of ether oxygens (including phenoxy) is 1. The van der Waals surface area contributed by atoms with Crippen molar-refractivity contribution in [2.75, 3.05) is 6.61 Å². The van der Waals surface area contributed by atoms with Gasteiger partial charge in [0.05, 0.1) is 6.61 Å². The second-order valence-electron chi connectivity index (χ2n) is 6.52. The van der Waals surface area contributed by atoms with Gasteiger partial charge in [0.25, 0.3) is 0 Å². The number of nitrogens with zero attached hydrogens (tertiary/aromatic N) is 1. The number of hydrogen-bond acceptors (Lipinski definition) is 11.